The number of hydrogen-bond acceptors (Lipinski definition) is 3. The van der Waals surface area contributed by atoms with E-state index >= 15 is 0 Å². The molecule has 7 rings (SSSR count). The Bertz CT molecular complexity index is 683. The fourth-order valence-corrected chi connectivity index (χ4v) is 10.8. The predicted octanol–water partition coefficient (Wildman–Crippen LogP) is 4.86. The molecular formula is C27H36O3. The van der Waals surface area contributed by atoms with Crippen molar-refractivity contribution in [3.63, 3.8) is 0 Å². The van der Waals surface area contributed by atoms with Gasteiger partial charge in [-0.05, 0) is 74.0 Å². The van der Waals surface area contributed by atoms with Gasteiger partial charge >= 0.3 is 0 Å². The second kappa shape index (κ2) is 6.51. The van der Waals surface area contributed by atoms with E-state index in [-0.39, 0.29) is 35.5 Å². The average Bonchev–Trinajstić information content (AvgIpc) is 3.36. The first-order valence-electron chi connectivity index (χ1n) is 13.3. The quantitative estimate of drug-likeness (QED) is 0.575. The summed E-state index contributed by atoms with van der Waals surface area (Å²) < 4.78 is 0. The minimum atomic E-state index is 0.0468. The molecule has 0 aliphatic heterocycles. The number of carbonyl (C=O) groups excluding carboxylic acids is 3. The Labute approximate surface area is 180 Å². The summed E-state index contributed by atoms with van der Waals surface area (Å²) in [6, 6.07) is 0. The molecule has 0 heterocycles. The van der Waals surface area contributed by atoms with Crippen LogP contribution in [0.1, 0.15) is 77.0 Å². The first kappa shape index (κ1) is 18.6. The molecule has 3 heteroatoms. The molecule has 0 amide bonds. The van der Waals surface area contributed by atoms with Crippen molar-refractivity contribution < 1.29 is 14.4 Å². The maximum absolute atomic E-state index is 13.9. The van der Waals surface area contributed by atoms with Crippen molar-refractivity contribution in [3.05, 3.63) is 0 Å². The molecule has 0 aromatic carbocycles. The summed E-state index contributed by atoms with van der Waals surface area (Å²) in [5.41, 5.74) is 0. The van der Waals surface area contributed by atoms with Gasteiger partial charge in [0, 0.05) is 35.5 Å². The number of hydrogen-bond donors (Lipinski definition) is 0. The Morgan fingerprint density at radius 3 is 0.967 bits per heavy atom. The van der Waals surface area contributed by atoms with Gasteiger partial charge < -0.3 is 0 Å². The Morgan fingerprint density at radius 2 is 0.667 bits per heavy atom. The monoisotopic (exact) mass is 408 g/mol. The molecular weight excluding hydrogens is 372 g/mol. The Hall–Kier alpha value is -0.990. The van der Waals surface area contributed by atoms with Crippen molar-refractivity contribution in [2.24, 2.45) is 71.0 Å². The minimum Gasteiger partial charge on any atom is -0.299 e. The fraction of sp³-hybridized carbons (Fsp3) is 0.889. The maximum Gasteiger partial charge on any atom is 0.139 e. The van der Waals surface area contributed by atoms with E-state index in [1.54, 1.807) is 0 Å². The van der Waals surface area contributed by atoms with E-state index in [4.69, 9.17) is 0 Å². The number of fused-ring (bicyclic) bond motifs is 12. The SMILES string of the molecule is O=C1C2CCCCC2C2C1C1C3CCCCC3C(=O)C1C1C3CCCCC3C(=O)C21. The van der Waals surface area contributed by atoms with Gasteiger partial charge in [-0.25, -0.2) is 0 Å². The number of rotatable bonds is 0. The normalized spacial score (nSPS) is 56.6. The molecule has 162 valence electrons. The van der Waals surface area contributed by atoms with Crippen LogP contribution >= 0.6 is 0 Å². The van der Waals surface area contributed by atoms with Crippen molar-refractivity contribution in [2.75, 3.05) is 0 Å². The topological polar surface area (TPSA) is 51.2 Å². The van der Waals surface area contributed by atoms with E-state index in [0.29, 0.717) is 52.9 Å². The van der Waals surface area contributed by atoms with Crippen LogP contribution in [0.25, 0.3) is 0 Å². The van der Waals surface area contributed by atoms with Gasteiger partial charge in [0.25, 0.3) is 0 Å². The van der Waals surface area contributed by atoms with Gasteiger partial charge in [-0.15, -0.1) is 0 Å². The molecule has 6 unspecified atom stereocenters. The first-order valence-corrected chi connectivity index (χ1v) is 13.3. The minimum absolute atomic E-state index is 0.0468. The van der Waals surface area contributed by atoms with Crippen LogP contribution < -0.4 is 0 Å². The fourth-order valence-electron chi connectivity index (χ4n) is 10.8. The summed E-state index contributed by atoms with van der Waals surface area (Å²) in [6.07, 6.45) is 13.8. The molecule has 7 aliphatic rings. The summed E-state index contributed by atoms with van der Waals surface area (Å²) in [7, 11) is 0. The van der Waals surface area contributed by atoms with E-state index in [0.717, 1.165) is 38.5 Å². The van der Waals surface area contributed by atoms with E-state index in [1.165, 1.54) is 38.5 Å². The molecule has 0 spiro atoms. The van der Waals surface area contributed by atoms with Crippen LogP contribution in [0.5, 0.6) is 0 Å². The molecule has 7 saturated carbocycles. The van der Waals surface area contributed by atoms with Crippen LogP contribution in [0.3, 0.4) is 0 Å². The van der Waals surface area contributed by atoms with Crippen molar-refractivity contribution in [3.8, 4) is 0 Å². The summed E-state index contributed by atoms with van der Waals surface area (Å²) in [4.78, 5) is 41.7. The summed E-state index contributed by atoms with van der Waals surface area (Å²) >= 11 is 0. The zero-order chi connectivity index (χ0) is 20.1. The second-order valence-corrected chi connectivity index (χ2v) is 12.2. The van der Waals surface area contributed by atoms with Gasteiger partial charge in [-0.2, -0.15) is 0 Å². The number of Topliss-reactive ketones (excluding diaryl/α,β-unsaturated/α-hetero) is 3. The molecule has 0 saturated heterocycles. The Balaban J connectivity index is 1.39. The predicted molar refractivity (Wildman–Crippen MR) is 112 cm³/mol. The van der Waals surface area contributed by atoms with Gasteiger partial charge in [-0.1, -0.05) is 38.5 Å². The molecule has 30 heavy (non-hydrogen) atoms. The highest BCUT2D eigenvalue weighted by atomic mass is 16.1. The smallest absolute Gasteiger partial charge is 0.139 e. The van der Waals surface area contributed by atoms with Crippen LogP contribution in [0.15, 0.2) is 0 Å². The Morgan fingerprint density at radius 1 is 0.400 bits per heavy atom. The molecule has 0 bridgehead atoms. The van der Waals surface area contributed by atoms with Crippen LogP contribution in [-0.4, -0.2) is 17.3 Å². The van der Waals surface area contributed by atoms with Crippen molar-refractivity contribution >= 4 is 17.3 Å². The summed E-state index contributed by atoms with van der Waals surface area (Å²) in [6.45, 7) is 0. The second-order valence-electron chi connectivity index (χ2n) is 12.2. The third-order valence-corrected chi connectivity index (χ3v) is 11.5. The lowest BCUT2D eigenvalue weighted by atomic mass is 9.54. The molecule has 0 radical (unpaired) electrons. The third kappa shape index (κ3) is 2.16. The molecule has 7 fully saturated rings. The maximum atomic E-state index is 13.9. The van der Waals surface area contributed by atoms with Crippen LogP contribution in [-0.2, 0) is 14.4 Å². The average molecular weight is 409 g/mol. The molecule has 7 aliphatic carbocycles. The van der Waals surface area contributed by atoms with Crippen molar-refractivity contribution in [1.29, 1.82) is 0 Å². The zero-order valence-electron chi connectivity index (χ0n) is 18.1. The highest BCUT2D eigenvalue weighted by Gasteiger charge is 2.72. The summed E-state index contributed by atoms with van der Waals surface area (Å²) in [5.74, 6) is 4.50. The Kier molecular flexibility index (Phi) is 4.03. The van der Waals surface area contributed by atoms with Crippen LogP contribution in [0.2, 0.25) is 0 Å². The number of carbonyl (C=O) groups is 3. The zero-order valence-corrected chi connectivity index (χ0v) is 18.1. The molecule has 6 atom stereocenters. The van der Waals surface area contributed by atoms with Gasteiger partial charge in [0.15, 0.2) is 0 Å². The van der Waals surface area contributed by atoms with Crippen LogP contribution in [0.4, 0.5) is 0 Å². The van der Waals surface area contributed by atoms with Crippen molar-refractivity contribution in [1.82, 2.24) is 0 Å². The van der Waals surface area contributed by atoms with Crippen LogP contribution in [0, 0.1) is 71.0 Å². The summed E-state index contributed by atoms with van der Waals surface area (Å²) in [5, 5.41) is 0. The molecule has 0 aromatic rings. The van der Waals surface area contributed by atoms with Gasteiger partial charge in [0.05, 0.1) is 0 Å². The standard InChI is InChI=1S/C27H36O3/c28-25-16-10-4-1-7-13(16)19-22(25)20-15-9-3-6-12-18(15)27(30)24(20)21-14-8-2-5-11-17(14)26(29)23(19)21/h13-24H,1-12H2. The molecule has 0 aromatic heterocycles. The lowest BCUT2D eigenvalue weighted by Gasteiger charge is -2.48. The first-order chi connectivity index (χ1) is 14.7. The van der Waals surface area contributed by atoms with Crippen molar-refractivity contribution in [2.45, 2.75) is 77.0 Å². The lowest BCUT2D eigenvalue weighted by molar-refractivity contribution is -0.138. The molecule has 3 nitrogen and oxygen atoms in total. The lowest BCUT2D eigenvalue weighted by Crippen LogP contribution is -2.49. The highest BCUT2D eigenvalue weighted by molar-refractivity contribution is 5.96. The highest BCUT2D eigenvalue weighted by Crippen LogP contribution is 2.69. The van der Waals surface area contributed by atoms with Gasteiger partial charge in [0.2, 0.25) is 0 Å². The number of ketones is 3. The largest absolute Gasteiger partial charge is 0.299 e. The van der Waals surface area contributed by atoms with E-state index in [1.807, 2.05) is 0 Å². The van der Waals surface area contributed by atoms with E-state index < -0.39 is 0 Å². The molecule has 0 N–H and O–H groups in total. The van der Waals surface area contributed by atoms with E-state index in [2.05, 4.69) is 0 Å². The third-order valence-electron chi connectivity index (χ3n) is 11.5. The van der Waals surface area contributed by atoms with Gasteiger partial charge in [0.1, 0.15) is 17.3 Å². The van der Waals surface area contributed by atoms with E-state index in [9.17, 15) is 14.4 Å². The van der Waals surface area contributed by atoms with Gasteiger partial charge in [-0.3, -0.25) is 14.4 Å².